The van der Waals surface area contributed by atoms with E-state index in [1.807, 2.05) is 26.0 Å². The molecule has 1 aliphatic rings. The Morgan fingerprint density at radius 3 is 2.91 bits per heavy atom. The number of nitrogens with zero attached hydrogens (tertiary/aromatic N) is 1. The summed E-state index contributed by atoms with van der Waals surface area (Å²) in [6.07, 6.45) is 1.57. The van der Waals surface area contributed by atoms with E-state index in [-0.39, 0.29) is 11.3 Å². The second kappa shape index (κ2) is 5.98. The normalized spacial score (nSPS) is 17.0. The molecular weight excluding hydrogens is 300 g/mol. The van der Waals surface area contributed by atoms with Crippen molar-refractivity contribution < 1.29 is 8.42 Å². The molecule has 0 bridgehead atoms. The minimum atomic E-state index is -3.10. The van der Waals surface area contributed by atoms with Gasteiger partial charge in [0.15, 0.2) is 0 Å². The molecule has 1 heterocycles. The van der Waals surface area contributed by atoms with Crippen LogP contribution in [0.1, 0.15) is 31.2 Å². The Kier molecular flexibility index (Phi) is 4.20. The van der Waals surface area contributed by atoms with Gasteiger partial charge in [-0.05, 0) is 44.4 Å². The van der Waals surface area contributed by atoms with Crippen LogP contribution in [0.4, 0.5) is 0 Å². The number of aromatic nitrogens is 2. The zero-order chi connectivity index (χ0) is 15.7. The van der Waals surface area contributed by atoms with Gasteiger partial charge in [-0.25, -0.2) is 18.1 Å². The fourth-order valence-electron chi connectivity index (χ4n) is 2.34. The predicted octanol–water partition coefficient (Wildman–Crippen LogP) is 1.43. The van der Waals surface area contributed by atoms with Crippen LogP contribution in [0.5, 0.6) is 0 Å². The van der Waals surface area contributed by atoms with Gasteiger partial charge in [-0.1, -0.05) is 6.07 Å². The lowest BCUT2D eigenvalue weighted by Gasteiger charge is -2.13. The lowest BCUT2D eigenvalue weighted by atomic mass is 10.2. The summed E-state index contributed by atoms with van der Waals surface area (Å²) in [5.41, 5.74) is 3.17. The van der Waals surface area contributed by atoms with Crippen LogP contribution < -0.4 is 10.0 Å². The molecule has 3 N–H and O–H groups in total. The SMILES string of the molecule is Cc1ccc2nc(CN[C@@H](C)CNS(=O)(=O)C3CC3)[nH]c2c1. The molecule has 1 aromatic carbocycles. The minimum absolute atomic E-state index is 0.0449. The van der Waals surface area contributed by atoms with Crippen molar-refractivity contribution in [2.24, 2.45) is 0 Å². The highest BCUT2D eigenvalue weighted by Gasteiger charge is 2.35. The third kappa shape index (κ3) is 3.66. The zero-order valence-electron chi connectivity index (χ0n) is 12.9. The molecule has 0 radical (unpaired) electrons. The first-order valence-electron chi connectivity index (χ1n) is 7.61. The predicted molar refractivity (Wildman–Crippen MR) is 87.1 cm³/mol. The van der Waals surface area contributed by atoms with Gasteiger partial charge in [-0.2, -0.15) is 0 Å². The van der Waals surface area contributed by atoms with Crippen molar-refractivity contribution in [1.82, 2.24) is 20.0 Å². The van der Waals surface area contributed by atoms with Crippen LogP contribution in [-0.4, -0.2) is 36.2 Å². The Hall–Kier alpha value is -1.44. The van der Waals surface area contributed by atoms with E-state index >= 15 is 0 Å². The molecular formula is C15H22N4O2S. The van der Waals surface area contributed by atoms with Crippen molar-refractivity contribution in [3.8, 4) is 0 Å². The van der Waals surface area contributed by atoms with Crippen molar-refractivity contribution in [3.63, 3.8) is 0 Å². The number of imidazole rings is 1. The molecule has 1 fully saturated rings. The van der Waals surface area contributed by atoms with E-state index in [0.717, 1.165) is 29.7 Å². The van der Waals surface area contributed by atoms with Gasteiger partial charge < -0.3 is 10.3 Å². The Labute approximate surface area is 130 Å². The van der Waals surface area contributed by atoms with Gasteiger partial charge in [-0.15, -0.1) is 0 Å². The number of nitrogens with one attached hydrogen (secondary N) is 3. The van der Waals surface area contributed by atoms with Crippen LogP contribution in [0.25, 0.3) is 11.0 Å². The second-order valence-corrected chi connectivity index (χ2v) is 8.12. The first-order chi connectivity index (χ1) is 10.4. The number of rotatable bonds is 7. The van der Waals surface area contributed by atoms with Crippen LogP contribution in [0.15, 0.2) is 18.2 Å². The third-order valence-electron chi connectivity index (χ3n) is 3.86. The molecule has 2 aromatic rings. The number of hydrogen-bond donors (Lipinski definition) is 3. The molecule has 0 aliphatic heterocycles. The number of fused-ring (bicyclic) bond motifs is 1. The molecule has 120 valence electrons. The first kappa shape index (κ1) is 15.5. The Balaban J connectivity index is 1.52. The molecule has 0 amide bonds. The Bertz CT molecular complexity index is 765. The maximum Gasteiger partial charge on any atom is 0.214 e. The average molecular weight is 322 g/mol. The lowest BCUT2D eigenvalue weighted by Crippen LogP contribution is -2.39. The van der Waals surface area contributed by atoms with E-state index in [4.69, 9.17) is 0 Å². The molecule has 1 atom stereocenters. The fourth-order valence-corrected chi connectivity index (χ4v) is 3.82. The van der Waals surface area contributed by atoms with Crippen LogP contribution in [0.2, 0.25) is 0 Å². The Morgan fingerprint density at radius 1 is 1.41 bits per heavy atom. The summed E-state index contributed by atoms with van der Waals surface area (Å²) in [5.74, 6) is 0.859. The van der Waals surface area contributed by atoms with Crippen molar-refractivity contribution in [2.45, 2.75) is 44.5 Å². The molecule has 1 aromatic heterocycles. The van der Waals surface area contributed by atoms with E-state index in [1.54, 1.807) is 0 Å². The van der Waals surface area contributed by atoms with Gasteiger partial charge in [-0.3, -0.25) is 0 Å². The van der Waals surface area contributed by atoms with E-state index in [9.17, 15) is 8.42 Å². The molecule has 0 saturated heterocycles. The summed E-state index contributed by atoms with van der Waals surface area (Å²) in [5, 5.41) is 3.12. The van der Waals surface area contributed by atoms with Crippen LogP contribution >= 0.6 is 0 Å². The summed E-state index contributed by atoms with van der Waals surface area (Å²) < 4.78 is 26.2. The standard InChI is InChI=1S/C15H22N4O2S/c1-10-3-6-13-14(7-10)19-15(18-13)9-16-11(2)8-17-22(20,21)12-4-5-12/h3,6-7,11-12,16-17H,4-5,8-9H2,1-2H3,(H,18,19)/t11-/m0/s1. The monoisotopic (exact) mass is 322 g/mol. The highest BCUT2D eigenvalue weighted by atomic mass is 32.2. The van der Waals surface area contributed by atoms with Gasteiger partial charge >= 0.3 is 0 Å². The summed E-state index contributed by atoms with van der Waals surface area (Å²) in [4.78, 5) is 7.80. The molecule has 1 aliphatic carbocycles. The smallest absolute Gasteiger partial charge is 0.214 e. The van der Waals surface area contributed by atoms with Crippen molar-refractivity contribution in [2.75, 3.05) is 6.54 Å². The number of aryl methyl sites for hydroxylation is 1. The quantitative estimate of drug-likeness (QED) is 0.720. The number of benzene rings is 1. The summed E-state index contributed by atoms with van der Waals surface area (Å²) in [6, 6.07) is 6.15. The topological polar surface area (TPSA) is 86.9 Å². The lowest BCUT2D eigenvalue weighted by molar-refractivity contribution is 0.518. The van der Waals surface area contributed by atoms with Crippen LogP contribution in [0.3, 0.4) is 0 Å². The van der Waals surface area contributed by atoms with Crippen molar-refractivity contribution in [3.05, 3.63) is 29.6 Å². The third-order valence-corrected chi connectivity index (χ3v) is 5.78. The van der Waals surface area contributed by atoms with Gasteiger partial charge in [0.1, 0.15) is 5.82 Å². The maximum absolute atomic E-state index is 11.8. The first-order valence-corrected chi connectivity index (χ1v) is 9.16. The summed E-state index contributed by atoms with van der Waals surface area (Å²) >= 11 is 0. The number of sulfonamides is 1. The second-order valence-electron chi connectivity index (χ2n) is 6.08. The van der Waals surface area contributed by atoms with Gasteiger partial charge in [0.05, 0.1) is 22.8 Å². The molecule has 7 heteroatoms. The molecule has 22 heavy (non-hydrogen) atoms. The molecule has 3 rings (SSSR count). The number of aromatic amines is 1. The zero-order valence-corrected chi connectivity index (χ0v) is 13.7. The highest BCUT2D eigenvalue weighted by molar-refractivity contribution is 7.90. The Morgan fingerprint density at radius 2 is 2.18 bits per heavy atom. The largest absolute Gasteiger partial charge is 0.341 e. The maximum atomic E-state index is 11.8. The number of hydrogen-bond acceptors (Lipinski definition) is 4. The molecule has 0 unspecified atom stereocenters. The minimum Gasteiger partial charge on any atom is -0.341 e. The van der Waals surface area contributed by atoms with E-state index in [1.165, 1.54) is 5.56 Å². The van der Waals surface area contributed by atoms with Crippen LogP contribution in [0, 0.1) is 6.92 Å². The van der Waals surface area contributed by atoms with Gasteiger partial charge in [0.2, 0.25) is 10.0 Å². The van der Waals surface area contributed by atoms with Gasteiger partial charge in [0, 0.05) is 12.6 Å². The fraction of sp³-hybridized carbons (Fsp3) is 0.533. The van der Waals surface area contributed by atoms with E-state index in [2.05, 4.69) is 26.1 Å². The van der Waals surface area contributed by atoms with E-state index in [0.29, 0.717) is 13.1 Å². The van der Waals surface area contributed by atoms with E-state index < -0.39 is 10.0 Å². The molecule has 0 spiro atoms. The molecule has 6 nitrogen and oxygen atoms in total. The van der Waals surface area contributed by atoms with Crippen LogP contribution in [-0.2, 0) is 16.6 Å². The van der Waals surface area contributed by atoms with Crippen molar-refractivity contribution in [1.29, 1.82) is 0 Å². The number of H-pyrrole nitrogens is 1. The summed E-state index contributed by atoms with van der Waals surface area (Å²) in [6.45, 7) is 4.99. The summed E-state index contributed by atoms with van der Waals surface area (Å²) in [7, 11) is -3.10. The molecule has 1 saturated carbocycles. The van der Waals surface area contributed by atoms with Gasteiger partial charge in [0.25, 0.3) is 0 Å². The van der Waals surface area contributed by atoms with Crippen molar-refractivity contribution >= 4 is 21.1 Å². The average Bonchev–Trinajstić information content (AvgIpc) is 3.25. The highest BCUT2D eigenvalue weighted by Crippen LogP contribution is 2.27.